The first-order chi connectivity index (χ1) is 8.28. The molecule has 4 heteroatoms. The number of amides is 1. The van der Waals surface area contributed by atoms with Gasteiger partial charge in [0.05, 0.1) is 11.2 Å². The zero-order chi connectivity index (χ0) is 13.9. The standard InChI is InChI=1S/C14H23NO3/c1-6-7-14(5,17)8-15-13(16)12-9(2)10(3)18-11(12)4/h17H,6-8H2,1-5H3,(H,15,16). The lowest BCUT2D eigenvalue weighted by Gasteiger charge is -2.22. The molecule has 0 saturated carbocycles. The van der Waals surface area contributed by atoms with Crippen LogP contribution in [0.1, 0.15) is 54.1 Å². The summed E-state index contributed by atoms with van der Waals surface area (Å²) in [7, 11) is 0. The molecule has 0 fully saturated rings. The lowest BCUT2D eigenvalue weighted by molar-refractivity contribution is 0.0469. The molecule has 1 unspecified atom stereocenters. The Balaban J connectivity index is 2.72. The van der Waals surface area contributed by atoms with E-state index < -0.39 is 5.60 Å². The van der Waals surface area contributed by atoms with Crippen molar-refractivity contribution in [1.82, 2.24) is 5.32 Å². The first-order valence-electron chi connectivity index (χ1n) is 6.35. The molecule has 0 aliphatic carbocycles. The minimum atomic E-state index is -0.856. The van der Waals surface area contributed by atoms with Crippen LogP contribution in [0.5, 0.6) is 0 Å². The van der Waals surface area contributed by atoms with E-state index in [1.165, 1.54) is 0 Å². The second kappa shape index (κ2) is 5.57. The van der Waals surface area contributed by atoms with Crippen molar-refractivity contribution in [3.05, 3.63) is 22.6 Å². The highest BCUT2D eigenvalue weighted by molar-refractivity contribution is 5.96. The molecule has 1 amide bonds. The third-order valence-corrected chi connectivity index (χ3v) is 3.21. The first-order valence-corrected chi connectivity index (χ1v) is 6.35. The molecule has 0 radical (unpaired) electrons. The van der Waals surface area contributed by atoms with Crippen molar-refractivity contribution < 1.29 is 14.3 Å². The average molecular weight is 253 g/mol. The smallest absolute Gasteiger partial charge is 0.255 e. The topological polar surface area (TPSA) is 62.5 Å². The summed E-state index contributed by atoms with van der Waals surface area (Å²) in [4.78, 5) is 12.1. The van der Waals surface area contributed by atoms with Gasteiger partial charge in [-0.1, -0.05) is 13.3 Å². The summed E-state index contributed by atoms with van der Waals surface area (Å²) in [5.41, 5.74) is 0.588. The molecule has 1 rings (SSSR count). The van der Waals surface area contributed by atoms with Gasteiger partial charge in [0.2, 0.25) is 0 Å². The van der Waals surface area contributed by atoms with Crippen LogP contribution in [0.2, 0.25) is 0 Å². The third kappa shape index (κ3) is 3.35. The van der Waals surface area contributed by atoms with Gasteiger partial charge in [-0.3, -0.25) is 4.79 Å². The number of carbonyl (C=O) groups is 1. The zero-order valence-corrected chi connectivity index (χ0v) is 11.9. The maximum atomic E-state index is 12.1. The van der Waals surface area contributed by atoms with Crippen LogP contribution in [0.25, 0.3) is 0 Å². The molecule has 0 saturated heterocycles. The van der Waals surface area contributed by atoms with Crippen molar-refractivity contribution in [3.8, 4) is 0 Å². The van der Waals surface area contributed by atoms with E-state index in [1.807, 2.05) is 20.8 Å². The molecule has 102 valence electrons. The molecule has 1 atom stereocenters. The van der Waals surface area contributed by atoms with Crippen LogP contribution in [-0.4, -0.2) is 23.2 Å². The predicted octanol–water partition coefficient (Wildman–Crippen LogP) is 2.49. The average Bonchev–Trinajstić information content (AvgIpc) is 2.50. The lowest BCUT2D eigenvalue weighted by atomic mass is 10.0. The van der Waals surface area contributed by atoms with Gasteiger partial charge in [0.1, 0.15) is 11.5 Å². The summed E-state index contributed by atoms with van der Waals surface area (Å²) in [6.45, 7) is 9.47. The lowest BCUT2D eigenvalue weighted by Crippen LogP contribution is -2.40. The molecule has 4 nitrogen and oxygen atoms in total. The van der Waals surface area contributed by atoms with Gasteiger partial charge < -0.3 is 14.8 Å². The maximum Gasteiger partial charge on any atom is 0.255 e. The number of furan rings is 1. The molecule has 0 aliphatic rings. The van der Waals surface area contributed by atoms with E-state index in [0.29, 0.717) is 17.7 Å². The number of aryl methyl sites for hydroxylation is 2. The Bertz CT molecular complexity index is 432. The van der Waals surface area contributed by atoms with Gasteiger partial charge in [-0.05, 0) is 34.1 Å². The highest BCUT2D eigenvalue weighted by Gasteiger charge is 2.23. The summed E-state index contributed by atoms with van der Waals surface area (Å²) in [5.74, 6) is 1.20. The van der Waals surface area contributed by atoms with Gasteiger partial charge in [-0.15, -0.1) is 0 Å². The molecular formula is C14H23NO3. The molecule has 1 aromatic heterocycles. The van der Waals surface area contributed by atoms with Crippen LogP contribution < -0.4 is 5.32 Å². The Hall–Kier alpha value is -1.29. The Morgan fingerprint density at radius 3 is 2.39 bits per heavy atom. The van der Waals surface area contributed by atoms with Crippen LogP contribution in [0.15, 0.2) is 4.42 Å². The van der Waals surface area contributed by atoms with Crippen LogP contribution in [0.4, 0.5) is 0 Å². The van der Waals surface area contributed by atoms with Crippen molar-refractivity contribution >= 4 is 5.91 Å². The maximum absolute atomic E-state index is 12.1. The molecule has 18 heavy (non-hydrogen) atoms. The highest BCUT2D eigenvalue weighted by Crippen LogP contribution is 2.20. The summed E-state index contributed by atoms with van der Waals surface area (Å²) >= 11 is 0. The van der Waals surface area contributed by atoms with E-state index in [4.69, 9.17) is 4.42 Å². The predicted molar refractivity (Wildman–Crippen MR) is 70.8 cm³/mol. The molecule has 0 spiro atoms. The van der Waals surface area contributed by atoms with Gasteiger partial charge in [0, 0.05) is 12.1 Å². The van der Waals surface area contributed by atoms with E-state index in [2.05, 4.69) is 5.32 Å². The molecule has 2 N–H and O–H groups in total. The Kier molecular flexibility index (Phi) is 4.57. The summed E-state index contributed by atoms with van der Waals surface area (Å²) in [6, 6.07) is 0. The van der Waals surface area contributed by atoms with Crippen molar-refractivity contribution in [1.29, 1.82) is 0 Å². The number of nitrogens with one attached hydrogen (secondary N) is 1. The van der Waals surface area contributed by atoms with Crippen molar-refractivity contribution in [2.45, 2.75) is 53.1 Å². The van der Waals surface area contributed by atoms with Crippen molar-refractivity contribution in [2.24, 2.45) is 0 Å². The minimum absolute atomic E-state index is 0.182. The van der Waals surface area contributed by atoms with Gasteiger partial charge in [-0.25, -0.2) is 0 Å². The SMILES string of the molecule is CCCC(C)(O)CNC(=O)c1c(C)oc(C)c1C. The van der Waals surface area contributed by atoms with Gasteiger partial charge >= 0.3 is 0 Å². The second-order valence-electron chi connectivity index (χ2n) is 5.14. The largest absolute Gasteiger partial charge is 0.466 e. The van der Waals surface area contributed by atoms with Crippen LogP contribution >= 0.6 is 0 Å². The van der Waals surface area contributed by atoms with E-state index in [1.54, 1.807) is 13.8 Å². The number of aliphatic hydroxyl groups is 1. The first kappa shape index (κ1) is 14.8. The highest BCUT2D eigenvalue weighted by atomic mass is 16.3. The third-order valence-electron chi connectivity index (χ3n) is 3.21. The Morgan fingerprint density at radius 1 is 1.33 bits per heavy atom. The van der Waals surface area contributed by atoms with Crippen molar-refractivity contribution in [2.75, 3.05) is 6.54 Å². The van der Waals surface area contributed by atoms with Crippen LogP contribution in [0.3, 0.4) is 0 Å². The molecule has 0 aliphatic heterocycles. The van der Waals surface area contributed by atoms with E-state index in [-0.39, 0.29) is 12.5 Å². The fourth-order valence-corrected chi connectivity index (χ4v) is 2.11. The monoisotopic (exact) mass is 253 g/mol. The molecule has 1 heterocycles. The van der Waals surface area contributed by atoms with Crippen molar-refractivity contribution in [3.63, 3.8) is 0 Å². The van der Waals surface area contributed by atoms with Gasteiger partial charge in [-0.2, -0.15) is 0 Å². The van der Waals surface area contributed by atoms with E-state index >= 15 is 0 Å². The zero-order valence-electron chi connectivity index (χ0n) is 11.9. The quantitative estimate of drug-likeness (QED) is 0.847. The fraction of sp³-hybridized carbons (Fsp3) is 0.643. The molecule has 1 aromatic rings. The Labute approximate surface area is 108 Å². The van der Waals surface area contributed by atoms with E-state index in [9.17, 15) is 9.90 Å². The summed E-state index contributed by atoms with van der Waals surface area (Å²) in [5, 5.41) is 12.8. The Morgan fingerprint density at radius 2 is 1.94 bits per heavy atom. The van der Waals surface area contributed by atoms with Crippen LogP contribution in [0, 0.1) is 20.8 Å². The van der Waals surface area contributed by atoms with Gasteiger partial charge in [0.25, 0.3) is 5.91 Å². The normalized spacial score (nSPS) is 14.3. The second-order valence-corrected chi connectivity index (χ2v) is 5.14. The van der Waals surface area contributed by atoms with Gasteiger partial charge in [0.15, 0.2) is 0 Å². The van der Waals surface area contributed by atoms with E-state index in [0.717, 1.165) is 17.7 Å². The molecular weight excluding hydrogens is 230 g/mol. The molecule has 0 aromatic carbocycles. The number of hydrogen-bond donors (Lipinski definition) is 2. The fourth-order valence-electron chi connectivity index (χ4n) is 2.11. The summed E-state index contributed by atoms with van der Waals surface area (Å²) < 4.78 is 5.42. The number of carbonyl (C=O) groups excluding carboxylic acids is 1. The summed E-state index contributed by atoms with van der Waals surface area (Å²) in [6.07, 6.45) is 1.54. The molecule has 0 bridgehead atoms. The van der Waals surface area contributed by atoms with Crippen LogP contribution in [-0.2, 0) is 0 Å². The minimum Gasteiger partial charge on any atom is -0.466 e. The number of rotatable bonds is 5. The number of hydrogen-bond acceptors (Lipinski definition) is 3.